The summed E-state index contributed by atoms with van der Waals surface area (Å²) in [6, 6.07) is 13.4. The second kappa shape index (κ2) is 10.6. The predicted octanol–water partition coefficient (Wildman–Crippen LogP) is 2.63. The van der Waals surface area contributed by atoms with E-state index in [9.17, 15) is 13.2 Å². The fourth-order valence-electron chi connectivity index (χ4n) is 2.37. The van der Waals surface area contributed by atoms with Gasteiger partial charge in [-0.3, -0.25) is 4.79 Å². The van der Waals surface area contributed by atoms with Crippen LogP contribution < -0.4 is 14.8 Å². The molecule has 1 amide bonds. The van der Waals surface area contributed by atoms with Crippen molar-refractivity contribution in [2.24, 2.45) is 0 Å². The fraction of sp³-hybridized carbons (Fsp3) is 0.316. The number of ether oxygens (including phenoxy) is 2. The molecule has 2 N–H and O–H groups in total. The topological polar surface area (TPSA) is 93.7 Å². The molecular weight excluding hydrogens is 448 g/mol. The first-order valence-corrected chi connectivity index (χ1v) is 10.9. The zero-order valence-corrected chi connectivity index (χ0v) is 18.0. The molecule has 0 unspecified atom stereocenters. The van der Waals surface area contributed by atoms with E-state index in [0.29, 0.717) is 5.75 Å². The van der Waals surface area contributed by atoms with Crippen molar-refractivity contribution in [2.75, 3.05) is 26.9 Å². The maximum absolute atomic E-state index is 12.1. The van der Waals surface area contributed by atoms with E-state index in [2.05, 4.69) is 26.0 Å². The van der Waals surface area contributed by atoms with E-state index in [0.717, 1.165) is 10.0 Å². The largest absolute Gasteiger partial charge is 0.484 e. The van der Waals surface area contributed by atoms with Gasteiger partial charge in [-0.05, 0) is 48.9 Å². The molecule has 2 rings (SSSR count). The number of rotatable bonds is 10. The van der Waals surface area contributed by atoms with Crippen LogP contribution in [0.2, 0.25) is 0 Å². The van der Waals surface area contributed by atoms with Crippen molar-refractivity contribution in [2.45, 2.75) is 17.9 Å². The molecule has 0 radical (unpaired) electrons. The van der Waals surface area contributed by atoms with Gasteiger partial charge in [0.15, 0.2) is 6.61 Å². The lowest BCUT2D eigenvalue weighted by atomic mass is 10.1. The first kappa shape index (κ1) is 22.4. The Kier molecular flexibility index (Phi) is 8.43. The molecule has 0 aliphatic heterocycles. The molecule has 0 aromatic heterocycles. The Labute approximate surface area is 173 Å². The Balaban J connectivity index is 1.86. The molecule has 0 spiro atoms. The maximum Gasteiger partial charge on any atom is 0.258 e. The standard InChI is InChI=1S/C19H23BrN2O5S/c1-14(15-4-3-5-16(20)12-15)22-19(23)13-27-17-6-8-18(9-7-17)28(24,25)21-10-11-26-2/h3-9,12,14,21H,10-11,13H2,1-2H3,(H,22,23)/t14-/m0/s1. The van der Waals surface area contributed by atoms with Crippen LogP contribution in [0.15, 0.2) is 57.9 Å². The zero-order valence-electron chi connectivity index (χ0n) is 15.6. The van der Waals surface area contributed by atoms with Crippen molar-refractivity contribution in [3.63, 3.8) is 0 Å². The normalized spacial score (nSPS) is 12.4. The smallest absolute Gasteiger partial charge is 0.258 e. The monoisotopic (exact) mass is 470 g/mol. The van der Waals surface area contributed by atoms with E-state index in [4.69, 9.17) is 9.47 Å². The highest BCUT2D eigenvalue weighted by Gasteiger charge is 2.14. The van der Waals surface area contributed by atoms with E-state index >= 15 is 0 Å². The molecule has 0 saturated carbocycles. The average Bonchev–Trinajstić information content (AvgIpc) is 2.67. The molecule has 2 aromatic rings. The van der Waals surface area contributed by atoms with Gasteiger partial charge in [0.25, 0.3) is 5.91 Å². The number of amides is 1. The van der Waals surface area contributed by atoms with Crippen molar-refractivity contribution < 1.29 is 22.7 Å². The number of sulfonamides is 1. The number of carbonyl (C=O) groups is 1. The number of methoxy groups -OCH3 is 1. The number of carbonyl (C=O) groups excluding carboxylic acids is 1. The van der Waals surface area contributed by atoms with Crippen molar-refractivity contribution in [3.05, 3.63) is 58.6 Å². The van der Waals surface area contributed by atoms with E-state index in [1.165, 1.54) is 31.4 Å². The van der Waals surface area contributed by atoms with Gasteiger partial charge in [-0.2, -0.15) is 0 Å². The Hall–Kier alpha value is -1.94. The maximum atomic E-state index is 12.1. The number of halogens is 1. The van der Waals surface area contributed by atoms with Gasteiger partial charge in [-0.1, -0.05) is 28.1 Å². The van der Waals surface area contributed by atoms with Crippen LogP contribution in [0, 0.1) is 0 Å². The Bertz CT molecular complexity index is 887. The second-order valence-corrected chi connectivity index (χ2v) is 8.68. The van der Waals surface area contributed by atoms with Gasteiger partial charge in [0, 0.05) is 18.1 Å². The summed E-state index contributed by atoms with van der Waals surface area (Å²) in [4.78, 5) is 12.2. The summed E-state index contributed by atoms with van der Waals surface area (Å²) in [5.74, 6) is 0.131. The van der Waals surface area contributed by atoms with Gasteiger partial charge >= 0.3 is 0 Å². The molecule has 0 aliphatic rings. The Morgan fingerprint density at radius 2 is 1.89 bits per heavy atom. The number of benzene rings is 2. The van der Waals surface area contributed by atoms with Gasteiger partial charge < -0.3 is 14.8 Å². The van der Waals surface area contributed by atoms with E-state index < -0.39 is 10.0 Å². The Morgan fingerprint density at radius 3 is 2.54 bits per heavy atom. The van der Waals surface area contributed by atoms with Crippen molar-refractivity contribution in [3.8, 4) is 5.75 Å². The van der Waals surface area contributed by atoms with Gasteiger partial charge in [-0.25, -0.2) is 13.1 Å². The van der Waals surface area contributed by atoms with Gasteiger partial charge in [0.2, 0.25) is 10.0 Å². The van der Waals surface area contributed by atoms with E-state index in [-0.39, 0.29) is 36.6 Å². The summed E-state index contributed by atoms with van der Waals surface area (Å²) in [6.45, 7) is 2.19. The summed E-state index contributed by atoms with van der Waals surface area (Å²) < 4.78 is 37.8. The minimum absolute atomic E-state index is 0.115. The molecule has 152 valence electrons. The van der Waals surface area contributed by atoms with Gasteiger partial charge in [0.1, 0.15) is 5.75 Å². The third kappa shape index (κ3) is 6.90. The van der Waals surface area contributed by atoms with Crippen LogP contribution in [-0.4, -0.2) is 41.2 Å². The number of hydrogen-bond donors (Lipinski definition) is 2. The Morgan fingerprint density at radius 1 is 1.18 bits per heavy atom. The van der Waals surface area contributed by atoms with Crippen molar-refractivity contribution in [1.82, 2.24) is 10.0 Å². The second-order valence-electron chi connectivity index (χ2n) is 5.99. The number of nitrogens with one attached hydrogen (secondary N) is 2. The molecule has 0 fully saturated rings. The first-order valence-electron chi connectivity index (χ1n) is 8.58. The molecule has 0 bridgehead atoms. The minimum atomic E-state index is -3.60. The molecule has 7 nitrogen and oxygen atoms in total. The molecule has 1 atom stereocenters. The highest BCUT2D eigenvalue weighted by Crippen LogP contribution is 2.18. The molecule has 0 saturated heterocycles. The summed E-state index contributed by atoms with van der Waals surface area (Å²) in [5, 5.41) is 2.86. The quantitative estimate of drug-likeness (QED) is 0.520. The van der Waals surface area contributed by atoms with Crippen LogP contribution in [0.1, 0.15) is 18.5 Å². The van der Waals surface area contributed by atoms with Crippen LogP contribution in [0.3, 0.4) is 0 Å². The molecule has 0 heterocycles. The third-order valence-corrected chi connectivity index (χ3v) is 5.80. The summed E-state index contributed by atoms with van der Waals surface area (Å²) in [7, 11) is -2.10. The highest BCUT2D eigenvalue weighted by molar-refractivity contribution is 9.10. The average molecular weight is 471 g/mol. The van der Waals surface area contributed by atoms with Gasteiger partial charge in [0.05, 0.1) is 17.5 Å². The SMILES string of the molecule is COCCNS(=O)(=O)c1ccc(OCC(=O)N[C@@H](C)c2cccc(Br)c2)cc1. The number of hydrogen-bond acceptors (Lipinski definition) is 5. The van der Waals surface area contributed by atoms with Crippen LogP contribution in [0.25, 0.3) is 0 Å². The minimum Gasteiger partial charge on any atom is -0.484 e. The van der Waals surface area contributed by atoms with E-state index in [1.807, 2.05) is 31.2 Å². The van der Waals surface area contributed by atoms with Crippen molar-refractivity contribution in [1.29, 1.82) is 0 Å². The van der Waals surface area contributed by atoms with Crippen LogP contribution >= 0.6 is 15.9 Å². The zero-order chi connectivity index (χ0) is 20.6. The lowest BCUT2D eigenvalue weighted by Gasteiger charge is -2.15. The van der Waals surface area contributed by atoms with Gasteiger partial charge in [-0.15, -0.1) is 0 Å². The molecule has 9 heteroatoms. The lowest BCUT2D eigenvalue weighted by molar-refractivity contribution is -0.123. The molecular formula is C19H23BrN2O5S. The van der Waals surface area contributed by atoms with Crippen molar-refractivity contribution >= 4 is 31.9 Å². The molecule has 0 aliphatic carbocycles. The fourth-order valence-corrected chi connectivity index (χ4v) is 3.80. The summed E-state index contributed by atoms with van der Waals surface area (Å²) in [5.41, 5.74) is 0.971. The predicted molar refractivity (Wildman–Crippen MR) is 110 cm³/mol. The highest BCUT2D eigenvalue weighted by atomic mass is 79.9. The summed E-state index contributed by atoms with van der Waals surface area (Å²) >= 11 is 3.40. The van der Waals surface area contributed by atoms with Crippen LogP contribution in [-0.2, 0) is 19.6 Å². The first-order chi connectivity index (χ1) is 13.3. The van der Waals surface area contributed by atoms with E-state index in [1.54, 1.807) is 0 Å². The molecule has 28 heavy (non-hydrogen) atoms. The lowest BCUT2D eigenvalue weighted by Crippen LogP contribution is -2.31. The third-order valence-electron chi connectivity index (χ3n) is 3.83. The molecule has 2 aromatic carbocycles. The van der Waals surface area contributed by atoms with Crippen LogP contribution in [0.4, 0.5) is 0 Å². The van der Waals surface area contributed by atoms with Crippen LogP contribution in [0.5, 0.6) is 5.75 Å². The summed E-state index contributed by atoms with van der Waals surface area (Å²) in [6.07, 6.45) is 0.